The zero-order chi connectivity index (χ0) is 9.56. The van der Waals surface area contributed by atoms with E-state index in [1.807, 2.05) is 0 Å². The van der Waals surface area contributed by atoms with Gasteiger partial charge in [-0.15, -0.1) is 0 Å². The molecule has 0 aliphatic rings. The molecule has 0 unspecified atom stereocenters. The van der Waals surface area contributed by atoms with Gasteiger partial charge in [0.15, 0.2) is 0 Å². The maximum atomic E-state index is 10.7. The highest BCUT2D eigenvalue weighted by atomic mass is 79.9. The zero-order valence-electron chi connectivity index (χ0n) is 6.89. The Hall–Kier alpha value is -0.840. The third-order valence-corrected chi connectivity index (χ3v) is 1.50. The van der Waals surface area contributed by atoms with Crippen molar-refractivity contribution in [3.05, 3.63) is 11.8 Å². The lowest BCUT2D eigenvalue weighted by Gasteiger charge is -2.01. The smallest absolute Gasteiger partial charge is 0.332 e. The highest BCUT2D eigenvalue weighted by Gasteiger charge is 2.00. The van der Waals surface area contributed by atoms with Crippen molar-refractivity contribution < 1.29 is 14.3 Å². The van der Waals surface area contributed by atoms with E-state index in [0.29, 0.717) is 5.70 Å². The monoisotopic (exact) mass is 235 g/mol. The summed E-state index contributed by atoms with van der Waals surface area (Å²) in [4.78, 5) is 21.4. The van der Waals surface area contributed by atoms with Crippen LogP contribution in [0.5, 0.6) is 0 Å². The summed E-state index contributed by atoms with van der Waals surface area (Å²) in [5, 5.41) is 2.68. The minimum absolute atomic E-state index is 0.201. The molecule has 0 radical (unpaired) electrons. The minimum atomic E-state index is -0.484. The number of allylic oxidation sites excluding steroid dienone is 1. The lowest BCUT2D eigenvalue weighted by Crippen LogP contribution is -2.22. The molecule has 4 nitrogen and oxygen atoms in total. The van der Waals surface area contributed by atoms with Crippen LogP contribution in [0.25, 0.3) is 0 Å². The summed E-state index contributed by atoms with van der Waals surface area (Å²) < 4.78 is 4.36. The predicted octanol–water partition coefficient (Wildman–Crippen LogP) is 0.574. The first-order valence-corrected chi connectivity index (χ1v) is 4.34. The molecule has 1 N–H and O–H groups in total. The molecule has 0 aromatic carbocycles. The van der Waals surface area contributed by atoms with E-state index in [-0.39, 0.29) is 11.2 Å². The Morgan fingerprint density at radius 1 is 1.58 bits per heavy atom. The van der Waals surface area contributed by atoms with Gasteiger partial charge in [-0.2, -0.15) is 0 Å². The van der Waals surface area contributed by atoms with Crippen molar-refractivity contribution in [3.63, 3.8) is 0 Å². The molecule has 0 aliphatic heterocycles. The van der Waals surface area contributed by atoms with Gasteiger partial charge in [-0.1, -0.05) is 15.9 Å². The number of rotatable bonds is 3. The number of methoxy groups -OCH3 is 1. The maximum absolute atomic E-state index is 10.7. The zero-order valence-corrected chi connectivity index (χ0v) is 8.47. The number of hydrogen-bond donors (Lipinski definition) is 1. The van der Waals surface area contributed by atoms with Crippen LogP contribution in [0.15, 0.2) is 11.8 Å². The molecular formula is C7H10BrNO3. The number of alkyl halides is 1. The number of esters is 1. The topological polar surface area (TPSA) is 55.4 Å². The quantitative estimate of drug-likeness (QED) is 0.443. The minimum Gasteiger partial charge on any atom is -0.466 e. The predicted molar refractivity (Wildman–Crippen MR) is 47.7 cm³/mol. The fourth-order valence-corrected chi connectivity index (χ4v) is 0.665. The van der Waals surface area contributed by atoms with Gasteiger partial charge in [0.2, 0.25) is 5.91 Å². The molecule has 0 saturated carbocycles. The molecule has 68 valence electrons. The molecule has 5 heteroatoms. The van der Waals surface area contributed by atoms with Crippen molar-refractivity contribution in [3.8, 4) is 0 Å². The normalized spacial score (nSPS) is 10.8. The summed E-state index contributed by atoms with van der Waals surface area (Å²) in [5.41, 5.74) is 0.464. The molecule has 0 saturated heterocycles. The van der Waals surface area contributed by atoms with E-state index in [1.165, 1.54) is 13.2 Å². The van der Waals surface area contributed by atoms with Crippen LogP contribution < -0.4 is 5.32 Å². The summed E-state index contributed by atoms with van der Waals surface area (Å²) in [7, 11) is 1.28. The molecule has 0 atom stereocenters. The van der Waals surface area contributed by atoms with Crippen molar-refractivity contribution in [2.45, 2.75) is 6.92 Å². The van der Waals surface area contributed by atoms with E-state index in [0.717, 1.165) is 0 Å². The van der Waals surface area contributed by atoms with E-state index in [9.17, 15) is 9.59 Å². The lowest BCUT2D eigenvalue weighted by molar-refractivity contribution is -0.134. The second-order valence-corrected chi connectivity index (χ2v) is 2.59. The molecule has 0 aromatic heterocycles. The first-order chi connectivity index (χ1) is 5.60. The van der Waals surface area contributed by atoms with Gasteiger partial charge >= 0.3 is 5.97 Å². The summed E-state index contributed by atoms with van der Waals surface area (Å²) in [6, 6.07) is 0. The Bertz CT molecular complexity index is 213. The molecule has 1 amide bonds. The SMILES string of the molecule is COC(=O)C=C(C)NC(=O)CBr. The van der Waals surface area contributed by atoms with Crippen LogP contribution in [0.2, 0.25) is 0 Å². The number of hydrogen-bond acceptors (Lipinski definition) is 3. The summed E-state index contributed by atoms with van der Waals surface area (Å²) in [6.45, 7) is 1.61. The summed E-state index contributed by atoms with van der Waals surface area (Å²) in [6.07, 6.45) is 1.21. The molecule has 0 bridgehead atoms. The highest BCUT2D eigenvalue weighted by Crippen LogP contribution is 1.89. The molecule has 0 spiro atoms. The van der Waals surface area contributed by atoms with E-state index in [1.54, 1.807) is 6.92 Å². The van der Waals surface area contributed by atoms with Crippen LogP contribution in [0.4, 0.5) is 0 Å². The van der Waals surface area contributed by atoms with Crippen LogP contribution in [0.3, 0.4) is 0 Å². The lowest BCUT2D eigenvalue weighted by atomic mass is 10.4. The Morgan fingerprint density at radius 3 is 2.58 bits per heavy atom. The Morgan fingerprint density at radius 2 is 2.17 bits per heavy atom. The second kappa shape index (κ2) is 5.77. The fraction of sp³-hybridized carbons (Fsp3) is 0.429. The number of ether oxygens (including phenoxy) is 1. The molecule has 12 heavy (non-hydrogen) atoms. The number of carbonyl (C=O) groups is 2. The fourth-order valence-electron chi connectivity index (χ4n) is 0.525. The number of carbonyl (C=O) groups excluding carboxylic acids is 2. The average Bonchev–Trinajstić information content (AvgIpc) is 2.03. The van der Waals surface area contributed by atoms with Crippen molar-refractivity contribution in [2.75, 3.05) is 12.4 Å². The highest BCUT2D eigenvalue weighted by molar-refractivity contribution is 9.09. The maximum Gasteiger partial charge on any atom is 0.332 e. The van der Waals surface area contributed by atoms with Crippen LogP contribution in [-0.4, -0.2) is 24.3 Å². The Balaban J connectivity index is 4.02. The Kier molecular flexibility index (Phi) is 5.36. The molecule has 0 aromatic rings. The summed E-state index contributed by atoms with van der Waals surface area (Å²) >= 11 is 2.97. The second-order valence-electron chi connectivity index (χ2n) is 2.03. The van der Waals surface area contributed by atoms with Crippen molar-refractivity contribution in [1.82, 2.24) is 5.32 Å². The molecule has 0 rings (SSSR count). The third-order valence-electron chi connectivity index (χ3n) is 0.993. The molecule has 0 fully saturated rings. The van der Waals surface area contributed by atoms with Gasteiger partial charge in [0, 0.05) is 11.8 Å². The van der Waals surface area contributed by atoms with E-state index >= 15 is 0 Å². The van der Waals surface area contributed by atoms with E-state index in [2.05, 4.69) is 26.0 Å². The van der Waals surface area contributed by atoms with Gasteiger partial charge in [0.1, 0.15) is 0 Å². The first-order valence-electron chi connectivity index (χ1n) is 3.22. The standard InChI is InChI=1S/C7H10BrNO3/c1-5(3-7(11)12-2)9-6(10)4-8/h3H,4H2,1-2H3,(H,9,10). The van der Waals surface area contributed by atoms with Gasteiger partial charge < -0.3 is 10.1 Å². The van der Waals surface area contributed by atoms with Crippen molar-refractivity contribution in [2.24, 2.45) is 0 Å². The van der Waals surface area contributed by atoms with Gasteiger partial charge in [0.05, 0.1) is 12.4 Å². The van der Waals surface area contributed by atoms with Gasteiger partial charge in [-0.25, -0.2) is 4.79 Å². The largest absolute Gasteiger partial charge is 0.466 e. The van der Waals surface area contributed by atoms with Crippen LogP contribution in [0, 0.1) is 0 Å². The van der Waals surface area contributed by atoms with Crippen molar-refractivity contribution in [1.29, 1.82) is 0 Å². The number of halogens is 1. The number of amides is 1. The Labute approximate surface area is 79.1 Å². The van der Waals surface area contributed by atoms with Crippen LogP contribution >= 0.6 is 15.9 Å². The van der Waals surface area contributed by atoms with Crippen LogP contribution in [-0.2, 0) is 14.3 Å². The van der Waals surface area contributed by atoms with Crippen molar-refractivity contribution >= 4 is 27.8 Å². The average molecular weight is 236 g/mol. The van der Waals surface area contributed by atoms with E-state index < -0.39 is 5.97 Å². The molecular weight excluding hydrogens is 226 g/mol. The van der Waals surface area contributed by atoms with Gasteiger partial charge in [-0.05, 0) is 6.92 Å². The van der Waals surface area contributed by atoms with Gasteiger partial charge in [-0.3, -0.25) is 4.79 Å². The molecule has 0 aliphatic carbocycles. The van der Waals surface area contributed by atoms with Gasteiger partial charge in [0.25, 0.3) is 0 Å². The third kappa shape index (κ3) is 4.90. The van der Waals surface area contributed by atoms with Crippen LogP contribution in [0.1, 0.15) is 6.92 Å². The molecule has 0 heterocycles. The summed E-state index contributed by atoms with van der Waals surface area (Å²) in [5.74, 6) is -0.685. The van der Waals surface area contributed by atoms with E-state index in [4.69, 9.17) is 0 Å². The first kappa shape index (κ1) is 11.2. The number of nitrogens with one attached hydrogen (secondary N) is 1.